The van der Waals surface area contributed by atoms with E-state index in [0.717, 1.165) is 6.54 Å². The fourth-order valence-corrected chi connectivity index (χ4v) is 3.88. The van der Waals surface area contributed by atoms with Crippen LogP contribution in [0.15, 0.2) is 0 Å². The molecule has 2 fully saturated rings. The van der Waals surface area contributed by atoms with Crippen molar-refractivity contribution in [1.82, 2.24) is 5.32 Å². The zero-order valence-corrected chi connectivity index (χ0v) is 10.9. The highest BCUT2D eigenvalue weighted by atomic mass is 35.5. The summed E-state index contributed by atoms with van der Waals surface area (Å²) in [6.45, 7) is 2.71. The van der Waals surface area contributed by atoms with E-state index in [0.29, 0.717) is 10.8 Å². The fourth-order valence-electron chi connectivity index (χ4n) is 2.84. The quantitative estimate of drug-likeness (QED) is 0.775. The largest absolute Gasteiger partial charge is 0.310 e. The molecule has 1 spiro atoms. The van der Waals surface area contributed by atoms with Crippen molar-refractivity contribution in [2.75, 3.05) is 6.54 Å². The summed E-state index contributed by atoms with van der Waals surface area (Å²) in [4.78, 5) is 11.0. The first kappa shape index (κ1) is 13.3. The SMILES string of the molecule is CC(=O)SC1CNC2(CCCCC2)C1.Cl. The van der Waals surface area contributed by atoms with Gasteiger partial charge in [0.1, 0.15) is 0 Å². The van der Waals surface area contributed by atoms with Gasteiger partial charge in [0.25, 0.3) is 0 Å². The minimum absolute atomic E-state index is 0. The molecule has 1 aliphatic carbocycles. The van der Waals surface area contributed by atoms with E-state index in [2.05, 4.69) is 5.32 Å². The van der Waals surface area contributed by atoms with Crippen LogP contribution < -0.4 is 5.32 Å². The lowest BCUT2D eigenvalue weighted by atomic mass is 9.81. The van der Waals surface area contributed by atoms with Crippen LogP contribution in [0, 0.1) is 0 Å². The lowest BCUT2D eigenvalue weighted by Gasteiger charge is -2.33. The molecule has 0 amide bonds. The summed E-state index contributed by atoms with van der Waals surface area (Å²) in [5.74, 6) is 0. The molecule has 0 bridgehead atoms. The summed E-state index contributed by atoms with van der Waals surface area (Å²) in [5, 5.41) is 4.46. The molecule has 2 aliphatic rings. The van der Waals surface area contributed by atoms with E-state index in [9.17, 15) is 4.79 Å². The van der Waals surface area contributed by atoms with Crippen molar-refractivity contribution in [3.05, 3.63) is 0 Å². The summed E-state index contributed by atoms with van der Waals surface area (Å²) in [5.41, 5.74) is 0.408. The third-order valence-corrected chi connectivity index (χ3v) is 4.47. The molecule has 0 aromatic heterocycles. The van der Waals surface area contributed by atoms with Crippen LogP contribution in [-0.2, 0) is 4.79 Å². The molecule has 1 N–H and O–H groups in total. The predicted molar refractivity (Wildman–Crippen MR) is 67.7 cm³/mol. The van der Waals surface area contributed by atoms with Crippen LogP contribution >= 0.6 is 24.2 Å². The van der Waals surface area contributed by atoms with E-state index in [1.807, 2.05) is 0 Å². The number of hydrogen-bond donors (Lipinski definition) is 1. The van der Waals surface area contributed by atoms with Crippen molar-refractivity contribution in [3.63, 3.8) is 0 Å². The number of thioether (sulfide) groups is 1. The molecule has 2 rings (SSSR count). The smallest absolute Gasteiger partial charge is 0.186 e. The molecule has 0 aromatic carbocycles. The molecule has 2 nitrogen and oxygen atoms in total. The van der Waals surface area contributed by atoms with Crippen molar-refractivity contribution < 1.29 is 4.79 Å². The zero-order chi connectivity index (χ0) is 10.0. The third-order valence-electron chi connectivity index (χ3n) is 3.47. The van der Waals surface area contributed by atoms with Gasteiger partial charge in [-0.25, -0.2) is 0 Å². The van der Waals surface area contributed by atoms with E-state index in [1.54, 1.807) is 6.92 Å². The maximum absolute atomic E-state index is 11.0. The molecular formula is C11H20ClNOS. The Bertz CT molecular complexity index is 229. The maximum atomic E-state index is 11.0. The predicted octanol–water partition coefficient (Wildman–Crippen LogP) is 2.75. The van der Waals surface area contributed by atoms with Crippen LogP contribution in [0.25, 0.3) is 0 Å². The van der Waals surface area contributed by atoms with Crippen molar-refractivity contribution in [2.45, 2.75) is 56.2 Å². The molecule has 88 valence electrons. The minimum Gasteiger partial charge on any atom is -0.310 e. The van der Waals surface area contributed by atoms with Crippen LogP contribution in [0.3, 0.4) is 0 Å². The lowest BCUT2D eigenvalue weighted by molar-refractivity contribution is -0.109. The fraction of sp³-hybridized carbons (Fsp3) is 0.909. The van der Waals surface area contributed by atoms with Gasteiger partial charge in [-0.2, -0.15) is 0 Å². The number of nitrogens with one attached hydrogen (secondary N) is 1. The molecular weight excluding hydrogens is 230 g/mol. The average Bonchev–Trinajstić information content (AvgIpc) is 2.49. The third kappa shape index (κ3) is 3.36. The second-order valence-corrected chi connectivity index (χ2v) is 6.13. The summed E-state index contributed by atoms with van der Waals surface area (Å²) in [6, 6.07) is 0. The van der Waals surface area contributed by atoms with Gasteiger partial charge in [-0.05, 0) is 19.3 Å². The first-order chi connectivity index (χ1) is 6.70. The van der Waals surface area contributed by atoms with Gasteiger partial charge in [0.05, 0.1) is 0 Å². The highest BCUT2D eigenvalue weighted by Crippen LogP contribution is 2.38. The standard InChI is InChI=1S/C11H19NOS.ClH/c1-9(13)14-10-7-11(12-8-10)5-3-2-4-6-11;/h10,12H,2-8H2,1H3;1H. The van der Waals surface area contributed by atoms with E-state index < -0.39 is 0 Å². The molecule has 4 heteroatoms. The van der Waals surface area contributed by atoms with Crippen LogP contribution in [0.1, 0.15) is 45.4 Å². The first-order valence-corrected chi connectivity index (χ1v) is 6.50. The van der Waals surface area contributed by atoms with Crippen molar-refractivity contribution in [1.29, 1.82) is 0 Å². The van der Waals surface area contributed by atoms with Gasteiger partial charge in [0.15, 0.2) is 5.12 Å². The van der Waals surface area contributed by atoms with Gasteiger partial charge >= 0.3 is 0 Å². The van der Waals surface area contributed by atoms with Crippen LogP contribution in [0.5, 0.6) is 0 Å². The van der Waals surface area contributed by atoms with Gasteiger partial charge in [0.2, 0.25) is 0 Å². The summed E-state index contributed by atoms with van der Waals surface area (Å²) < 4.78 is 0. The zero-order valence-electron chi connectivity index (χ0n) is 9.25. The second-order valence-electron chi connectivity index (χ2n) is 4.66. The average molecular weight is 250 g/mol. The highest BCUT2D eigenvalue weighted by Gasteiger charge is 2.39. The molecule has 1 heterocycles. The van der Waals surface area contributed by atoms with Gasteiger partial charge in [-0.15, -0.1) is 12.4 Å². The van der Waals surface area contributed by atoms with Gasteiger partial charge in [-0.1, -0.05) is 31.0 Å². The monoisotopic (exact) mass is 249 g/mol. The number of halogens is 1. The normalized spacial score (nSPS) is 28.7. The maximum Gasteiger partial charge on any atom is 0.186 e. The molecule has 0 radical (unpaired) electrons. The van der Waals surface area contributed by atoms with Crippen molar-refractivity contribution in [3.8, 4) is 0 Å². The molecule has 0 aromatic rings. The van der Waals surface area contributed by atoms with Crippen molar-refractivity contribution >= 4 is 29.3 Å². The molecule has 1 saturated heterocycles. The lowest BCUT2D eigenvalue weighted by Crippen LogP contribution is -2.41. The minimum atomic E-state index is 0. The Labute approximate surface area is 102 Å². The topological polar surface area (TPSA) is 29.1 Å². The Kier molecular flexibility index (Phi) is 4.94. The Morgan fingerprint density at radius 3 is 2.60 bits per heavy atom. The highest BCUT2D eigenvalue weighted by molar-refractivity contribution is 8.14. The van der Waals surface area contributed by atoms with Gasteiger partial charge < -0.3 is 5.32 Å². The molecule has 1 aliphatic heterocycles. The van der Waals surface area contributed by atoms with E-state index in [1.165, 1.54) is 50.3 Å². The van der Waals surface area contributed by atoms with Crippen LogP contribution in [-0.4, -0.2) is 22.4 Å². The van der Waals surface area contributed by atoms with E-state index >= 15 is 0 Å². The van der Waals surface area contributed by atoms with Gasteiger partial charge in [0, 0.05) is 24.3 Å². The van der Waals surface area contributed by atoms with E-state index in [-0.39, 0.29) is 17.5 Å². The Morgan fingerprint density at radius 2 is 2.00 bits per heavy atom. The van der Waals surface area contributed by atoms with Crippen LogP contribution in [0.2, 0.25) is 0 Å². The Morgan fingerprint density at radius 1 is 1.33 bits per heavy atom. The Balaban J connectivity index is 0.00000112. The van der Waals surface area contributed by atoms with E-state index in [4.69, 9.17) is 0 Å². The molecule has 1 unspecified atom stereocenters. The Hall–Kier alpha value is 0.270. The van der Waals surface area contributed by atoms with Crippen molar-refractivity contribution in [2.24, 2.45) is 0 Å². The second kappa shape index (κ2) is 5.55. The number of rotatable bonds is 1. The first-order valence-electron chi connectivity index (χ1n) is 5.62. The summed E-state index contributed by atoms with van der Waals surface area (Å²) in [6.07, 6.45) is 7.98. The van der Waals surface area contributed by atoms with Gasteiger partial charge in [-0.3, -0.25) is 4.79 Å². The molecule has 15 heavy (non-hydrogen) atoms. The summed E-state index contributed by atoms with van der Waals surface area (Å²) >= 11 is 1.53. The molecule has 1 saturated carbocycles. The number of hydrogen-bond acceptors (Lipinski definition) is 3. The molecule has 1 atom stereocenters. The number of carbonyl (C=O) groups is 1. The summed E-state index contributed by atoms with van der Waals surface area (Å²) in [7, 11) is 0. The number of carbonyl (C=O) groups excluding carboxylic acids is 1. The van der Waals surface area contributed by atoms with Crippen LogP contribution in [0.4, 0.5) is 0 Å².